The third-order valence-corrected chi connectivity index (χ3v) is 4.07. The SMILES string of the molecule is CC(CC1CCCCCN1)Nc1ccc(CCO)cc1. The minimum absolute atomic E-state index is 0.219. The van der Waals surface area contributed by atoms with Crippen LogP contribution >= 0.6 is 0 Å². The molecule has 0 bridgehead atoms. The van der Waals surface area contributed by atoms with Crippen molar-refractivity contribution in [2.75, 3.05) is 18.5 Å². The van der Waals surface area contributed by atoms with Gasteiger partial charge in [-0.25, -0.2) is 0 Å². The first-order valence-electron chi connectivity index (χ1n) is 7.97. The summed E-state index contributed by atoms with van der Waals surface area (Å²) in [4.78, 5) is 0. The first-order valence-corrected chi connectivity index (χ1v) is 7.97. The van der Waals surface area contributed by atoms with Crippen LogP contribution in [0.1, 0.15) is 44.6 Å². The van der Waals surface area contributed by atoms with Crippen LogP contribution in [0.4, 0.5) is 5.69 Å². The molecule has 1 fully saturated rings. The molecule has 1 aromatic rings. The summed E-state index contributed by atoms with van der Waals surface area (Å²) < 4.78 is 0. The average molecular weight is 276 g/mol. The van der Waals surface area contributed by atoms with Gasteiger partial charge in [0.2, 0.25) is 0 Å². The average Bonchev–Trinajstić information content (AvgIpc) is 2.70. The topological polar surface area (TPSA) is 44.3 Å². The van der Waals surface area contributed by atoms with Gasteiger partial charge >= 0.3 is 0 Å². The Bertz CT molecular complexity index is 369. The number of aliphatic hydroxyl groups excluding tert-OH is 1. The van der Waals surface area contributed by atoms with Gasteiger partial charge in [0.1, 0.15) is 0 Å². The monoisotopic (exact) mass is 276 g/mol. The standard InChI is InChI=1S/C17H28N2O/c1-14(13-17-5-3-2-4-11-18-17)19-16-8-6-15(7-9-16)10-12-20/h6-9,14,17-20H,2-5,10-13H2,1H3. The lowest BCUT2D eigenvalue weighted by atomic mass is 10.0. The Labute approximate surface area is 122 Å². The molecule has 0 amide bonds. The Kier molecular flexibility index (Phi) is 6.34. The highest BCUT2D eigenvalue weighted by atomic mass is 16.2. The summed E-state index contributed by atoms with van der Waals surface area (Å²) in [6.07, 6.45) is 7.28. The number of anilines is 1. The Balaban J connectivity index is 1.79. The summed E-state index contributed by atoms with van der Waals surface area (Å²) in [6.45, 7) is 3.65. The van der Waals surface area contributed by atoms with Gasteiger partial charge < -0.3 is 15.7 Å². The Hall–Kier alpha value is -1.06. The molecule has 2 atom stereocenters. The molecule has 0 aromatic heterocycles. The van der Waals surface area contributed by atoms with Crippen molar-refractivity contribution in [1.82, 2.24) is 5.32 Å². The minimum Gasteiger partial charge on any atom is -0.396 e. The van der Waals surface area contributed by atoms with Gasteiger partial charge in [0, 0.05) is 24.4 Å². The van der Waals surface area contributed by atoms with Gasteiger partial charge in [0.15, 0.2) is 0 Å². The van der Waals surface area contributed by atoms with Crippen molar-refractivity contribution >= 4 is 5.69 Å². The Morgan fingerprint density at radius 1 is 1.25 bits per heavy atom. The van der Waals surface area contributed by atoms with Gasteiger partial charge in [-0.1, -0.05) is 25.0 Å². The van der Waals surface area contributed by atoms with Crippen LogP contribution in [-0.2, 0) is 6.42 Å². The van der Waals surface area contributed by atoms with Crippen molar-refractivity contribution in [2.24, 2.45) is 0 Å². The number of benzene rings is 1. The lowest BCUT2D eigenvalue weighted by Crippen LogP contribution is -2.33. The molecule has 0 aliphatic carbocycles. The van der Waals surface area contributed by atoms with E-state index in [1.807, 2.05) is 0 Å². The van der Waals surface area contributed by atoms with Crippen molar-refractivity contribution in [3.05, 3.63) is 29.8 Å². The van der Waals surface area contributed by atoms with E-state index in [4.69, 9.17) is 5.11 Å². The van der Waals surface area contributed by atoms with Crippen molar-refractivity contribution in [2.45, 2.75) is 57.5 Å². The molecule has 1 aliphatic rings. The zero-order valence-corrected chi connectivity index (χ0v) is 12.6. The van der Waals surface area contributed by atoms with E-state index < -0.39 is 0 Å². The van der Waals surface area contributed by atoms with Crippen LogP contribution in [0.15, 0.2) is 24.3 Å². The predicted molar refractivity (Wildman–Crippen MR) is 85.2 cm³/mol. The number of nitrogens with one attached hydrogen (secondary N) is 2. The highest BCUT2D eigenvalue weighted by molar-refractivity contribution is 5.45. The number of hydrogen-bond donors (Lipinski definition) is 3. The lowest BCUT2D eigenvalue weighted by molar-refractivity contribution is 0.299. The molecule has 1 aliphatic heterocycles. The molecule has 20 heavy (non-hydrogen) atoms. The highest BCUT2D eigenvalue weighted by Crippen LogP contribution is 2.16. The fourth-order valence-corrected chi connectivity index (χ4v) is 2.97. The van der Waals surface area contributed by atoms with E-state index in [1.165, 1.54) is 49.9 Å². The minimum atomic E-state index is 0.219. The number of aliphatic hydroxyl groups is 1. The Morgan fingerprint density at radius 3 is 2.80 bits per heavy atom. The summed E-state index contributed by atoms with van der Waals surface area (Å²) in [6, 6.07) is 9.55. The largest absolute Gasteiger partial charge is 0.396 e. The second kappa shape index (κ2) is 8.28. The summed E-state index contributed by atoms with van der Waals surface area (Å²) >= 11 is 0. The van der Waals surface area contributed by atoms with Gasteiger partial charge in [0.05, 0.1) is 0 Å². The summed E-state index contributed by atoms with van der Waals surface area (Å²) in [5, 5.41) is 16.1. The first kappa shape index (κ1) is 15.3. The molecule has 0 saturated carbocycles. The number of rotatable bonds is 6. The summed E-state index contributed by atoms with van der Waals surface area (Å²) in [5.41, 5.74) is 2.36. The molecule has 1 aromatic carbocycles. The third kappa shape index (κ3) is 5.14. The van der Waals surface area contributed by atoms with Crippen molar-refractivity contribution in [3.63, 3.8) is 0 Å². The molecule has 0 spiro atoms. The molecule has 3 heteroatoms. The van der Waals surface area contributed by atoms with E-state index in [-0.39, 0.29) is 6.61 Å². The molecule has 112 valence electrons. The van der Waals surface area contributed by atoms with Crippen LogP contribution in [0.2, 0.25) is 0 Å². The molecule has 1 heterocycles. The highest BCUT2D eigenvalue weighted by Gasteiger charge is 2.14. The van der Waals surface area contributed by atoms with Crippen LogP contribution in [0, 0.1) is 0 Å². The van der Waals surface area contributed by atoms with E-state index in [9.17, 15) is 0 Å². The van der Waals surface area contributed by atoms with Gasteiger partial charge in [-0.3, -0.25) is 0 Å². The fraction of sp³-hybridized carbons (Fsp3) is 0.647. The van der Waals surface area contributed by atoms with Crippen molar-refractivity contribution in [3.8, 4) is 0 Å². The maximum absolute atomic E-state index is 8.92. The van der Waals surface area contributed by atoms with Crippen LogP contribution < -0.4 is 10.6 Å². The molecule has 0 radical (unpaired) electrons. The second-order valence-corrected chi connectivity index (χ2v) is 5.95. The molecular formula is C17H28N2O. The maximum atomic E-state index is 8.92. The fourth-order valence-electron chi connectivity index (χ4n) is 2.97. The quantitative estimate of drug-likeness (QED) is 0.748. The van der Waals surface area contributed by atoms with E-state index >= 15 is 0 Å². The molecule has 2 rings (SSSR count). The van der Waals surface area contributed by atoms with Gasteiger partial charge in [-0.05, 0) is 56.8 Å². The molecule has 1 saturated heterocycles. The van der Waals surface area contributed by atoms with E-state index in [1.54, 1.807) is 0 Å². The molecule has 3 nitrogen and oxygen atoms in total. The van der Waals surface area contributed by atoms with Crippen LogP contribution in [0.3, 0.4) is 0 Å². The van der Waals surface area contributed by atoms with Crippen LogP contribution in [0.5, 0.6) is 0 Å². The van der Waals surface area contributed by atoms with E-state index in [0.29, 0.717) is 12.1 Å². The summed E-state index contributed by atoms with van der Waals surface area (Å²) in [7, 11) is 0. The van der Waals surface area contributed by atoms with Crippen molar-refractivity contribution < 1.29 is 5.11 Å². The van der Waals surface area contributed by atoms with E-state index in [0.717, 1.165) is 6.42 Å². The van der Waals surface area contributed by atoms with E-state index in [2.05, 4.69) is 41.8 Å². The second-order valence-electron chi connectivity index (χ2n) is 5.95. The Morgan fingerprint density at radius 2 is 2.05 bits per heavy atom. The lowest BCUT2D eigenvalue weighted by Gasteiger charge is -2.22. The molecule has 3 N–H and O–H groups in total. The normalized spacial score (nSPS) is 21.2. The zero-order chi connectivity index (χ0) is 14.2. The molecular weight excluding hydrogens is 248 g/mol. The summed E-state index contributed by atoms with van der Waals surface area (Å²) in [5.74, 6) is 0. The maximum Gasteiger partial charge on any atom is 0.0471 e. The molecule has 2 unspecified atom stereocenters. The van der Waals surface area contributed by atoms with Gasteiger partial charge in [0.25, 0.3) is 0 Å². The van der Waals surface area contributed by atoms with Crippen LogP contribution in [0.25, 0.3) is 0 Å². The van der Waals surface area contributed by atoms with Crippen LogP contribution in [-0.4, -0.2) is 30.3 Å². The first-order chi connectivity index (χ1) is 9.78. The third-order valence-electron chi connectivity index (χ3n) is 4.07. The van der Waals surface area contributed by atoms with Gasteiger partial charge in [-0.2, -0.15) is 0 Å². The number of hydrogen-bond acceptors (Lipinski definition) is 3. The predicted octanol–water partition coefficient (Wildman–Crippen LogP) is 2.94. The zero-order valence-electron chi connectivity index (χ0n) is 12.6. The van der Waals surface area contributed by atoms with Gasteiger partial charge in [-0.15, -0.1) is 0 Å². The smallest absolute Gasteiger partial charge is 0.0471 e. The van der Waals surface area contributed by atoms with Crippen molar-refractivity contribution in [1.29, 1.82) is 0 Å².